The normalized spacial score (nSPS) is 14.8. The molecule has 1 saturated heterocycles. The van der Waals surface area contributed by atoms with Gasteiger partial charge in [-0.25, -0.2) is 4.79 Å². The fourth-order valence-corrected chi connectivity index (χ4v) is 2.64. The molecule has 2 rings (SSSR count). The van der Waals surface area contributed by atoms with E-state index in [-0.39, 0.29) is 23.5 Å². The first-order valence-electron chi connectivity index (χ1n) is 9.76. The van der Waals surface area contributed by atoms with Crippen LogP contribution in [0.25, 0.3) is 0 Å². The molecule has 1 aromatic rings. The van der Waals surface area contributed by atoms with E-state index in [2.05, 4.69) is 14.8 Å². The molecule has 1 fully saturated rings. The van der Waals surface area contributed by atoms with Crippen molar-refractivity contribution in [1.29, 1.82) is 0 Å². The summed E-state index contributed by atoms with van der Waals surface area (Å²) in [5.74, 6) is -1.26. The van der Waals surface area contributed by atoms with Crippen LogP contribution in [0.4, 0.5) is 18.9 Å². The van der Waals surface area contributed by atoms with E-state index in [1.165, 1.54) is 6.07 Å². The topological polar surface area (TPSA) is 103 Å². The number of halogens is 3. The molecule has 0 amide bonds. The standard InChI is InChI=1S/C15H20F3N3O3.C5H10O2/c1-2-23-14(22)12-8-11(24-15(16,17)18)7-10(13(12)19)9-21-5-3-20-4-6-21;1-5(2,3)7-4-6/h7-8,20H,2-6,9,19H2,1H3;4H,1-3H3. The molecule has 31 heavy (non-hydrogen) atoms. The molecular formula is C20H30F3N3O5. The highest BCUT2D eigenvalue weighted by molar-refractivity contribution is 5.96. The summed E-state index contributed by atoms with van der Waals surface area (Å²) in [6.45, 7) is 11.0. The van der Waals surface area contributed by atoms with E-state index in [1.54, 1.807) is 6.92 Å². The highest BCUT2D eigenvalue weighted by Gasteiger charge is 2.32. The molecule has 0 aliphatic carbocycles. The summed E-state index contributed by atoms with van der Waals surface area (Å²) in [6, 6.07) is 2.18. The zero-order valence-corrected chi connectivity index (χ0v) is 18.2. The predicted octanol–water partition coefficient (Wildman–Crippen LogP) is 2.71. The average molecular weight is 449 g/mol. The van der Waals surface area contributed by atoms with Crippen LogP contribution in [0.3, 0.4) is 0 Å². The largest absolute Gasteiger partial charge is 0.573 e. The van der Waals surface area contributed by atoms with Gasteiger partial charge in [-0.15, -0.1) is 13.2 Å². The molecule has 0 radical (unpaired) electrons. The van der Waals surface area contributed by atoms with Crippen LogP contribution in [0.1, 0.15) is 43.6 Å². The van der Waals surface area contributed by atoms with E-state index in [9.17, 15) is 22.8 Å². The molecule has 0 saturated carbocycles. The van der Waals surface area contributed by atoms with Crippen molar-refractivity contribution in [2.24, 2.45) is 0 Å². The number of benzene rings is 1. The molecule has 8 nitrogen and oxygen atoms in total. The molecule has 0 spiro atoms. The van der Waals surface area contributed by atoms with Gasteiger partial charge in [0.05, 0.1) is 17.9 Å². The number of rotatable bonds is 6. The van der Waals surface area contributed by atoms with Crippen molar-refractivity contribution in [3.05, 3.63) is 23.3 Å². The van der Waals surface area contributed by atoms with Crippen LogP contribution >= 0.6 is 0 Å². The molecule has 3 N–H and O–H groups in total. The minimum absolute atomic E-state index is 0.0930. The Morgan fingerprint density at radius 3 is 2.29 bits per heavy atom. The lowest BCUT2D eigenvalue weighted by Crippen LogP contribution is -2.43. The number of alkyl halides is 3. The van der Waals surface area contributed by atoms with Crippen LogP contribution in [0.5, 0.6) is 5.75 Å². The van der Waals surface area contributed by atoms with Crippen LogP contribution in [0.15, 0.2) is 12.1 Å². The van der Waals surface area contributed by atoms with Crippen molar-refractivity contribution in [1.82, 2.24) is 10.2 Å². The molecule has 0 aromatic heterocycles. The lowest BCUT2D eigenvalue weighted by atomic mass is 10.1. The predicted molar refractivity (Wildman–Crippen MR) is 109 cm³/mol. The van der Waals surface area contributed by atoms with Crippen molar-refractivity contribution in [2.75, 3.05) is 38.5 Å². The zero-order chi connectivity index (χ0) is 23.7. The van der Waals surface area contributed by atoms with Gasteiger partial charge in [-0.2, -0.15) is 0 Å². The Labute approximate surface area is 179 Å². The average Bonchev–Trinajstić information content (AvgIpc) is 2.63. The maximum absolute atomic E-state index is 12.5. The Morgan fingerprint density at radius 2 is 1.84 bits per heavy atom. The molecule has 0 unspecified atom stereocenters. The molecule has 176 valence electrons. The summed E-state index contributed by atoms with van der Waals surface area (Å²) in [5, 5.41) is 3.18. The lowest BCUT2D eigenvalue weighted by molar-refractivity contribution is -0.274. The van der Waals surface area contributed by atoms with E-state index in [0.29, 0.717) is 18.6 Å². The Kier molecular flexibility index (Phi) is 10.0. The number of piperazine rings is 1. The Hall–Kier alpha value is -2.53. The van der Waals surface area contributed by atoms with Crippen molar-refractivity contribution >= 4 is 18.1 Å². The number of nitrogens with two attached hydrogens (primary N) is 1. The van der Waals surface area contributed by atoms with E-state index in [0.717, 1.165) is 32.2 Å². The second-order valence-electron chi connectivity index (χ2n) is 7.66. The second-order valence-corrected chi connectivity index (χ2v) is 7.66. The molecule has 0 atom stereocenters. The summed E-state index contributed by atoms with van der Waals surface area (Å²) in [4.78, 5) is 23.6. The third-order valence-electron chi connectivity index (χ3n) is 3.97. The van der Waals surface area contributed by atoms with Gasteiger partial charge in [0, 0.05) is 32.7 Å². The molecule has 11 heteroatoms. The summed E-state index contributed by atoms with van der Waals surface area (Å²) in [6.07, 6.45) is -4.85. The number of nitrogens with one attached hydrogen (secondary N) is 1. The quantitative estimate of drug-likeness (QED) is 0.388. The van der Waals surface area contributed by atoms with E-state index in [1.807, 2.05) is 25.7 Å². The van der Waals surface area contributed by atoms with Gasteiger partial charge in [-0.1, -0.05) is 0 Å². The number of anilines is 1. The molecule has 1 aromatic carbocycles. The monoisotopic (exact) mass is 449 g/mol. The summed E-state index contributed by atoms with van der Waals surface area (Å²) in [5.41, 5.74) is 6.06. The van der Waals surface area contributed by atoms with E-state index < -0.39 is 18.1 Å². The number of nitrogen functional groups attached to an aromatic ring is 1. The molecular weight excluding hydrogens is 419 g/mol. The molecule has 1 aliphatic rings. The Morgan fingerprint density at radius 1 is 1.23 bits per heavy atom. The number of nitrogens with zero attached hydrogens (tertiary/aromatic N) is 1. The van der Waals surface area contributed by atoms with Crippen LogP contribution < -0.4 is 15.8 Å². The number of carbonyl (C=O) groups is 2. The zero-order valence-electron chi connectivity index (χ0n) is 18.2. The van der Waals surface area contributed by atoms with Crippen LogP contribution in [-0.2, 0) is 20.8 Å². The van der Waals surface area contributed by atoms with Crippen molar-refractivity contribution in [2.45, 2.75) is 46.2 Å². The maximum Gasteiger partial charge on any atom is 0.573 e. The number of esters is 1. The SMILES string of the molecule is CC(C)(C)OC=O.CCOC(=O)c1cc(OC(F)(F)F)cc(CN2CCNCC2)c1N. The molecule has 1 aliphatic heterocycles. The van der Waals surface area contributed by atoms with Gasteiger partial charge in [0.1, 0.15) is 11.4 Å². The summed E-state index contributed by atoms with van der Waals surface area (Å²) in [7, 11) is 0. The third kappa shape index (κ3) is 10.4. The maximum atomic E-state index is 12.5. The lowest BCUT2D eigenvalue weighted by Gasteiger charge is -2.28. The first-order valence-corrected chi connectivity index (χ1v) is 9.76. The van der Waals surface area contributed by atoms with Gasteiger partial charge in [-0.05, 0) is 45.4 Å². The first-order chi connectivity index (χ1) is 14.4. The van der Waals surface area contributed by atoms with E-state index >= 15 is 0 Å². The Bertz CT molecular complexity index is 730. The second kappa shape index (κ2) is 11.8. The number of hydrogen-bond acceptors (Lipinski definition) is 8. The van der Waals surface area contributed by atoms with Gasteiger partial charge in [0.25, 0.3) is 6.47 Å². The third-order valence-corrected chi connectivity index (χ3v) is 3.97. The van der Waals surface area contributed by atoms with Crippen molar-refractivity contribution < 1.29 is 37.0 Å². The number of ether oxygens (including phenoxy) is 3. The summed E-state index contributed by atoms with van der Waals surface area (Å²) >= 11 is 0. The molecule has 1 heterocycles. The fourth-order valence-electron chi connectivity index (χ4n) is 2.64. The van der Waals surface area contributed by atoms with Gasteiger partial charge >= 0.3 is 12.3 Å². The van der Waals surface area contributed by atoms with Crippen molar-refractivity contribution in [3.8, 4) is 5.75 Å². The van der Waals surface area contributed by atoms with Crippen LogP contribution in [-0.4, -0.2) is 62.1 Å². The van der Waals surface area contributed by atoms with Crippen LogP contribution in [0.2, 0.25) is 0 Å². The minimum atomic E-state index is -4.85. The van der Waals surface area contributed by atoms with Gasteiger partial charge in [-0.3, -0.25) is 9.69 Å². The Balaban J connectivity index is 0.000000592. The van der Waals surface area contributed by atoms with Gasteiger partial charge in [0.2, 0.25) is 0 Å². The minimum Gasteiger partial charge on any atom is -0.462 e. The fraction of sp³-hybridized carbons (Fsp3) is 0.600. The van der Waals surface area contributed by atoms with Crippen molar-refractivity contribution in [3.63, 3.8) is 0 Å². The van der Waals surface area contributed by atoms with Gasteiger partial charge in [0.15, 0.2) is 0 Å². The number of hydrogen-bond donors (Lipinski definition) is 2. The summed E-state index contributed by atoms with van der Waals surface area (Å²) < 4.78 is 50.9. The smallest absolute Gasteiger partial charge is 0.462 e. The van der Waals surface area contributed by atoms with E-state index in [4.69, 9.17) is 10.5 Å². The highest BCUT2D eigenvalue weighted by Crippen LogP contribution is 2.30. The first kappa shape index (κ1) is 26.5. The number of carbonyl (C=O) groups excluding carboxylic acids is 2. The van der Waals surface area contributed by atoms with Crippen LogP contribution in [0, 0.1) is 0 Å². The van der Waals surface area contributed by atoms with Gasteiger partial charge < -0.3 is 25.3 Å². The molecule has 0 bridgehead atoms. The highest BCUT2D eigenvalue weighted by atomic mass is 19.4.